The minimum Gasteiger partial charge on any atom is -0.473 e. The summed E-state index contributed by atoms with van der Waals surface area (Å²) >= 11 is 0. The summed E-state index contributed by atoms with van der Waals surface area (Å²) in [7, 11) is -3.99. The van der Waals surface area contributed by atoms with Gasteiger partial charge < -0.3 is 13.9 Å². The van der Waals surface area contributed by atoms with Gasteiger partial charge in [0.05, 0.1) is 18.1 Å². The largest absolute Gasteiger partial charge is 0.473 e. The molecule has 0 saturated carbocycles. The molecule has 10 nitrogen and oxygen atoms in total. The monoisotopic (exact) mass is 433 g/mol. The summed E-state index contributed by atoms with van der Waals surface area (Å²) in [5, 5.41) is 9.23. The summed E-state index contributed by atoms with van der Waals surface area (Å²) in [5.41, 5.74) is 1.86. The van der Waals surface area contributed by atoms with E-state index in [0.717, 1.165) is 0 Å². The molecule has 3 N–H and O–H groups in total. The van der Waals surface area contributed by atoms with Gasteiger partial charge in [0.25, 0.3) is 10.0 Å². The van der Waals surface area contributed by atoms with E-state index >= 15 is 0 Å². The molecular weight excluding hydrogens is 414 g/mol. The Labute approximate surface area is 171 Å². The van der Waals surface area contributed by atoms with Crippen LogP contribution < -0.4 is 14.9 Å². The van der Waals surface area contributed by atoms with E-state index in [1.165, 1.54) is 35.9 Å². The van der Waals surface area contributed by atoms with Gasteiger partial charge in [0.1, 0.15) is 17.4 Å². The predicted molar refractivity (Wildman–Crippen MR) is 105 cm³/mol. The molecule has 1 aromatic carbocycles. The highest BCUT2D eigenvalue weighted by Crippen LogP contribution is 2.28. The van der Waals surface area contributed by atoms with Crippen molar-refractivity contribution in [1.29, 1.82) is 0 Å². The van der Waals surface area contributed by atoms with Gasteiger partial charge in [0.15, 0.2) is 5.76 Å². The molecule has 1 amide bonds. The maximum absolute atomic E-state index is 12.9. The lowest BCUT2D eigenvalue weighted by molar-refractivity contribution is 0.0240. The lowest BCUT2D eigenvalue weighted by Gasteiger charge is -2.23. The molecule has 11 heteroatoms. The van der Waals surface area contributed by atoms with E-state index in [1.54, 1.807) is 12.1 Å². The SMILES string of the molecule is O=C(NO)c1cc2ccc(S(=O)(=O)Nc3cccnc3OC3CCOCC3)cc2o1. The first kappa shape index (κ1) is 20.1. The van der Waals surface area contributed by atoms with Crippen molar-refractivity contribution < 1.29 is 32.3 Å². The van der Waals surface area contributed by atoms with Gasteiger partial charge in [-0.1, -0.05) is 0 Å². The van der Waals surface area contributed by atoms with Crippen molar-refractivity contribution in [3.8, 4) is 5.88 Å². The highest BCUT2D eigenvalue weighted by Gasteiger charge is 2.22. The smallest absolute Gasteiger partial charge is 0.310 e. The minimum atomic E-state index is -3.99. The van der Waals surface area contributed by atoms with Crippen molar-refractivity contribution in [2.24, 2.45) is 0 Å². The lowest BCUT2D eigenvalue weighted by atomic mass is 10.1. The number of nitrogens with zero attached hydrogens (tertiary/aromatic N) is 1. The van der Waals surface area contributed by atoms with Gasteiger partial charge >= 0.3 is 5.91 Å². The first-order valence-electron chi connectivity index (χ1n) is 9.16. The normalized spacial score (nSPS) is 15.1. The third-order valence-corrected chi connectivity index (χ3v) is 5.95. The van der Waals surface area contributed by atoms with Crippen LogP contribution in [0.25, 0.3) is 11.0 Å². The van der Waals surface area contributed by atoms with Crippen LogP contribution >= 0.6 is 0 Å². The van der Waals surface area contributed by atoms with Crippen LogP contribution in [0, 0.1) is 0 Å². The second kappa shape index (κ2) is 8.30. The fraction of sp³-hybridized carbons (Fsp3) is 0.263. The molecule has 30 heavy (non-hydrogen) atoms. The number of carbonyl (C=O) groups is 1. The number of nitrogens with one attached hydrogen (secondary N) is 2. The lowest BCUT2D eigenvalue weighted by Crippen LogP contribution is -2.26. The number of amides is 1. The maximum atomic E-state index is 12.9. The molecule has 1 aliphatic heterocycles. The summed E-state index contributed by atoms with van der Waals surface area (Å²) < 4.78 is 44.8. The number of ether oxygens (including phenoxy) is 2. The number of hydrogen-bond acceptors (Lipinski definition) is 8. The number of benzene rings is 1. The number of furan rings is 1. The van der Waals surface area contributed by atoms with E-state index < -0.39 is 15.9 Å². The Morgan fingerprint density at radius 2 is 2.00 bits per heavy atom. The zero-order valence-electron chi connectivity index (χ0n) is 15.7. The van der Waals surface area contributed by atoms with Crippen LogP contribution in [0.1, 0.15) is 23.4 Å². The number of carbonyl (C=O) groups excluding carboxylic acids is 1. The van der Waals surface area contributed by atoms with Crippen molar-refractivity contribution in [2.75, 3.05) is 17.9 Å². The number of fused-ring (bicyclic) bond motifs is 1. The standard InChI is InChI=1S/C19H19N3O7S/c23-18(21-24)17-10-12-3-4-14(11-16(12)29-17)30(25,26)22-15-2-1-7-20-19(15)28-13-5-8-27-9-6-13/h1-4,7,10-11,13,22,24H,5-6,8-9H2,(H,21,23). The van der Waals surface area contributed by atoms with Crippen LogP contribution in [0.15, 0.2) is 51.9 Å². The van der Waals surface area contributed by atoms with Gasteiger partial charge in [-0.3, -0.25) is 14.7 Å². The Morgan fingerprint density at radius 1 is 1.20 bits per heavy atom. The van der Waals surface area contributed by atoms with Crippen molar-refractivity contribution in [3.05, 3.63) is 48.4 Å². The van der Waals surface area contributed by atoms with Crippen LogP contribution in [0.4, 0.5) is 5.69 Å². The van der Waals surface area contributed by atoms with Crippen LogP contribution in [0.5, 0.6) is 5.88 Å². The van der Waals surface area contributed by atoms with Crippen LogP contribution in [0.2, 0.25) is 0 Å². The molecule has 3 heterocycles. The second-order valence-corrected chi connectivity index (χ2v) is 8.32. The molecule has 1 saturated heterocycles. The van der Waals surface area contributed by atoms with E-state index in [0.29, 0.717) is 31.4 Å². The minimum absolute atomic E-state index is 0.0684. The zero-order valence-corrected chi connectivity index (χ0v) is 16.5. The molecule has 1 aliphatic rings. The summed E-state index contributed by atoms with van der Waals surface area (Å²) in [6.45, 7) is 1.16. The molecule has 0 aliphatic carbocycles. The number of hydroxylamine groups is 1. The Balaban J connectivity index is 1.59. The van der Waals surface area contributed by atoms with E-state index in [2.05, 4.69) is 9.71 Å². The quantitative estimate of drug-likeness (QED) is 0.397. The van der Waals surface area contributed by atoms with Gasteiger partial charge in [0, 0.05) is 30.5 Å². The van der Waals surface area contributed by atoms with Crippen LogP contribution in [0.3, 0.4) is 0 Å². The average Bonchev–Trinajstić information content (AvgIpc) is 3.18. The van der Waals surface area contributed by atoms with Gasteiger partial charge in [0.2, 0.25) is 5.88 Å². The van der Waals surface area contributed by atoms with Crippen molar-refractivity contribution in [2.45, 2.75) is 23.8 Å². The van der Waals surface area contributed by atoms with E-state index in [4.69, 9.17) is 19.1 Å². The molecule has 0 atom stereocenters. The third-order valence-electron chi connectivity index (χ3n) is 4.59. The van der Waals surface area contributed by atoms with E-state index in [9.17, 15) is 13.2 Å². The number of aromatic nitrogens is 1. The molecule has 4 rings (SSSR count). The highest BCUT2D eigenvalue weighted by molar-refractivity contribution is 7.92. The van der Waals surface area contributed by atoms with Crippen LogP contribution in [-0.4, -0.2) is 43.8 Å². The van der Waals surface area contributed by atoms with Crippen LogP contribution in [-0.2, 0) is 14.8 Å². The summed E-state index contributed by atoms with van der Waals surface area (Å²) in [4.78, 5) is 15.6. The number of sulfonamides is 1. The Morgan fingerprint density at radius 3 is 2.77 bits per heavy atom. The molecule has 0 bridgehead atoms. The topological polar surface area (TPSA) is 140 Å². The molecule has 0 radical (unpaired) electrons. The van der Waals surface area contributed by atoms with E-state index in [1.807, 2.05) is 0 Å². The Bertz CT molecular complexity index is 1170. The molecule has 158 valence electrons. The van der Waals surface area contributed by atoms with Gasteiger partial charge in [-0.05, 0) is 30.3 Å². The summed E-state index contributed by atoms with van der Waals surface area (Å²) in [6, 6.07) is 8.74. The number of pyridine rings is 1. The van der Waals surface area contributed by atoms with Gasteiger partial charge in [-0.15, -0.1) is 0 Å². The third kappa shape index (κ3) is 4.22. The molecule has 2 aromatic heterocycles. The van der Waals surface area contributed by atoms with E-state index in [-0.39, 0.29) is 33.9 Å². The average molecular weight is 433 g/mol. The maximum Gasteiger partial charge on any atom is 0.310 e. The Hall–Kier alpha value is -3.15. The first-order valence-corrected chi connectivity index (χ1v) is 10.6. The van der Waals surface area contributed by atoms with Crippen molar-refractivity contribution >= 4 is 32.6 Å². The number of anilines is 1. The van der Waals surface area contributed by atoms with Gasteiger partial charge in [-0.25, -0.2) is 18.9 Å². The fourth-order valence-electron chi connectivity index (χ4n) is 3.06. The molecule has 0 spiro atoms. The summed E-state index contributed by atoms with van der Waals surface area (Å²) in [5.74, 6) is -0.789. The number of hydrogen-bond donors (Lipinski definition) is 3. The molecule has 3 aromatic rings. The first-order chi connectivity index (χ1) is 14.5. The van der Waals surface area contributed by atoms with Crippen molar-refractivity contribution in [3.63, 3.8) is 0 Å². The number of rotatable bonds is 6. The van der Waals surface area contributed by atoms with Gasteiger partial charge in [-0.2, -0.15) is 0 Å². The summed E-state index contributed by atoms with van der Waals surface area (Å²) in [6.07, 6.45) is 2.81. The molecule has 1 fully saturated rings. The fourth-order valence-corrected chi connectivity index (χ4v) is 4.14. The second-order valence-electron chi connectivity index (χ2n) is 6.64. The Kier molecular flexibility index (Phi) is 5.57. The predicted octanol–water partition coefficient (Wildman–Crippen LogP) is 2.31. The highest BCUT2D eigenvalue weighted by atomic mass is 32.2. The zero-order chi connectivity index (χ0) is 21.1. The molecular formula is C19H19N3O7S. The van der Waals surface area contributed by atoms with Crippen molar-refractivity contribution in [1.82, 2.24) is 10.5 Å². The molecule has 0 unspecified atom stereocenters.